The number of rotatable bonds is 4. The summed E-state index contributed by atoms with van der Waals surface area (Å²) < 4.78 is 13.5. The zero-order valence-electron chi connectivity index (χ0n) is 14.7. The molecule has 9 heteroatoms. The Morgan fingerprint density at radius 2 is 2.00 bits per heavy atom. The molecule has 1 N–H and O–H groups in total. The van der Waals surface area contributed by atoms with Crippen LogP contribution >= 0.6 is 15.9 Å². The van der Waals surface area contributed by atoms with Crippen LogP contribution in [0, 0.1) is 0 Å². The number of benzene rings is 2. The molecule has 5 rings (SSSR count). The largest absolute Gasteiger partial charge is 0.444 e. The van der Waals surface area contributed by atoms with E-state index in [0.29, 0.717) is 27.6 Å². The van der Waals surface area contributed by atoms with Crippen molar-refractivity contribution < 1.29 is 13.9 Å². The summed E-state index contributed by atoms with van der Waals surface area (Å²) in [4.78, 5) is 16.8. The number of anilines is 1. The summed E-state index contributed by atoms with van der Waals surface area (Å²) >= 11 is 3.18. The molecule has 3 heterocycles. The van der Waals surface area contributed by atoms with Crippen molar-refractivity contribution in [2.45, 2.75) is 0 Å². The summed E-state index contributed by atoms with van der Waals surface area (Å²) in [5, 5.41) is 10.9. The summed E-state index contributed by atoms with van der Waals surface area (Å²) in [7, 11) is 0. The number of halogens is 1. The Morgan fingerprint density at radius 1 is 1.10 bits per heavy atom. The van der Waals surface area contributed by atoms with Crippen molar-refractivity contribution in [3.63, 3.8) is 0 Å². The molecule has 0 spiro atoms. The van der Waals surface area contributed by atoms with E-state index in [4.69, 9.17) is 9.15 Å². The summed E-state index contributed by atoms with van der Waals surface area (Å²) in [6.07, 6.45) is 1.62. The van der Waals surface area contributed by atoms with Crippen LogP contribution in [0.3, 0.4) is 0 Å². The van der Waals surface area contributed by atoms with Gasteiger partial charge in [0.1, 0.15) is 12.1 Å². The average molecular weight is 450 g/mol. The molecule has 0 radical (unpaired) electrons. The first-order valence-corrected chi connectivity index (χ1v) is 9.40. The molecular weight excluding hydrogens is 438 g/mol. The lowest BCUT2D eigenvalue weighted by molar-refractivity contribution is 0.0995. The molecule has 5 aromatic rings. The highest BCUT2D eigenvalue weighted by Gasteiger charge is 2.14. The zero-order valence-corrected chi connectivity index (χ0v) is 16.3. The topological polar surface area (TPSA) is 94.5 Å². The van der Waals surface area contributed by atoms with Gasteiger partial charge in [0.25, 0.3) is 11.8 Å². The van der Waals surface area contributed by atoms with Crippen LogP contribution in [-0.2, 0) is 0 Å². The number of carbonyl (C=O) groups excluding carboxylic acids is 1. The van der Waals surface area contributed by atoms with E-state index >= 15 is 0 Å². The molecule has 0 aliphatic rings. The number of para-hydroxylation sites is 2. The molecule has 142 valence electrons. The fourth-order valence-electron chi connectivity index (χ4n) is 2.93. The lowest BCUT2D eigenvalue weighted by Crippen LogP contribution is -2.10. The fraction of sp³-hybridized carbons (Fsp3) is 0. The van der Waals surface area contributed by atoms with Crippen LogP contribution in [0.15, 0.2) is 76.1 Å². The third-order valence-corrected chi connectivity index (χ3v) is 4.63. The molecule has 0 aliphatic heterocycles. The minimum atomic E-state index is -0.364. The van der Waals surface area contributed by atoms with Gasteiger partial charge in [0.05, 0.1) is 11.0 Å². The van der Waals surface area contributed by atoms with E-state index in [9.17, 15) is 4.79 Å². The summed E-state index contributed by atoms with van der Waals surface area (Å²) in [6, 6.07) is 17.9. The maximum atomic E-state index is 12.3. The average Bonchev–Trinajstić information content (AvgIpc) is 3.38. The predicted molar refractivity (Wildman–Crippen MR) is 109 cm³/mol. The number of ether oxygens (including phenoxy) is 1. The first-order chi connectivity index (χ1) is 14.2. The number of fused-ring (bicyclic) bond motifs is 3. The van der Waals surface area contributed by atoms with Gasteiger partial charge in [0.15, 0.2) is 10.4 Å². The number of furan rings is 1. The lowest BCUT2D eigenvalue weighted by Gasteiger charge is -2.09. The Morgan fingerprint density at radius 3 is 2.86 bits per heavy atom. The maximum Gasteiger partial charge on any atom is 0.291 e. The van der Waals surface area contributed by atoms with E-state index in [-0.39, 0.29) is 11.7 Å². The molecule has 3 aromatic heterocycles. The zero-order chi connectivity index (χ0) is 19.8. The second-order valence-corrected chi connectivity index (χ2v) is 6.90. The number of nitrogens with one attached hydrogen (secondary N) is 1. The number of aromatic nitrogens is 4. The van der Waals surface area contributed by atoms with Gasteiger partial charge in [-0.2, -0.15) is 0 Å². The van der Waals surface area contributed by atoms with Crippen molar-refractivity contribution in [1.29, 1.82) is 0 Å². The number of amides is 1. The highest BCUT2D eigenvalue weighted by atomic mass is 79.9. The van der Waals surface area contributed by atoms with E-state index in [0.717, 1.165) is 11.0 Å². The smallest absolute Gasteiger partial charge is 0.291 e. The van der Waals surface area contributed by atoms with E-state index in [2.05, 4.69) is 36.4 Å². The number of carbonyl (C=O) groups is 1. The van der Waals surface area contributed by atoms with Crippen LogP contribution in [-0.4, -0.2) is 25.5 Å². The Balaban J connectivity index is 1.46. The molecule has 0 bridgehead atoms. The maximum absolute atomic E-state index is 12.3. The molecule has 29 heavy (non-hydrogen) atoms. The van der Waals surface area contributed by atoms with Crippen LogP contribution in [0.2, 0.25) is 0 Å². The first-order valence-electron chi connectivity index (χ1n) is 8.60. The molecule has 0 fully saturated rings. The Bertz CT molecular complexity index is 1360. The van der Waals surface area contributed by atoms with Crippen LogP contribution < -0.4 is 10.1 Å². The molecule has 0 atom stereocenters. The van der Waals surface area contributed by atoms with Crippen LogP contribution in [0.1, 0.15) is 10.6 Å². The van der Waals surface area contributed by atoms with Gasteiger partial charge in [-0.1, -0.05) is 18.2 Å². The van der Waals surface area contributed by atoms with E-state index in [1.807, 2.05) is 28.7 Å². The fourth-order valence-corrected chi connectivity index (χ4v) is 3.23. The van der Waals surface area contributed by atoms with Crippen molar-refractivity contribution in [3.8, 4) is 11.6 Å². The van der Waals surface area contributed by atoms with Crippen molar-refractivity contribution in [1.82, 2.24) is 19.6 Å². The minimum Gasteiger partial charge on any atom is -0.444 e. The molecule has 8 nitrogen and oxygen atoms in total. The molecule has 0 aliphatic carbocycles. The SMILES string of the molecule is O=C(Nc1cccc(Oc2nc3ccccc3n3cnnc23)c1)c1ccc(Br)o1. The van der Waals surface area contributed by atoms with Gasteiger partial charge in [-0.05, 0) is 52.3 Å². The van der Waals surface area contributed by atoms with Crippen molar-refractivity contribution in [3.05, 3.63) is 77.4 Å². The van der Waals surface area contributed by atoms with E-state index in [1.165, 1.54) is 0 Å². The highest BCUT2D eigenvalue weighted by molar-refractivity contribution is 9.10. The molecule has 2 aromatic carbocycles. The van der Waals surface area contributed by atoms with Crippen LogP contribution in [0.4, 0.5) is 5.69 Å². The van der Waals surface area contributed by atoms with Crippen LogP contribution in [0.5, 0.6) is 11.6 Å². The third-order valence-electron chi connectivity index (χ3n) is 4.21. The molecule has 0 saturated carbocycles. The highest BCUT2D eigenvalue weighted by Crippen LogP contribution is 2.28. The minimum absolute atomic E-state index is 0.199. The summed E-state index contributed by atoms with van der Waals surface area (Å²) in [5.74, 6) is 0.650. The molecule has 0 unspecified atom stereocenters. The number of nitrogens with zero attached hydrogens (tertiary/aromatic N) is 4. The van der Waals surface area contributed by atoms with E-state index < -0.39 is 0 Å². The summed E-state index contributed by atoms with van der Waals surface area (Å²) in [6.45, 7) is 0. The van der Waals surface area contributed by atoms with Crippen molar-refractivity contribution in [2.24, 2.45) is 0 Å². The second kappa shape index (κ2) is 7.02. The van der Waals surface area contributed by atoms with Gasteiger partial charge in [-0.25, -0.2) is 4.98 Å². The Labute approximate surface area is 172 Å². The van der Waals surface area contributed by atoms with Gasteiger partial charge < -0.3 is 14.5 Å². The second-order valence-electron chi connectivity index (χ2n) is 6.12. The summed E-state index contributed by atoms with van der Waals surface area (Å²) in [5.41, 5.74) is 2.69. The standard InChI is InChI=1S/C20H12BrN5O3/c21-17-9-8-16(29-17)19(27)23-12-4-3-5-13(10-12)28-20-18-25-22-11-26(18)15-7-2-1-6-14(15)24-20/h1-11H,(H,23,27). The first kappa shape index (κ1) is 17.4. The molecule has 1 amide bonds. The molecule has 0 saturated heterocycles. The predicted octanol–water partition coefficient (Wildman–Crippen LogP) is 4.68. The Hall–Kier alpha value is -3.72. The van der Waals surface area contributed by atoms with Crippen molar-refractivity contribution in [2.75, 3.05) is 5.32 Å². The van der Waals surface area contributed by atoms with Gasteiger partial charge in [-0.3, -0.25) is 9.20 Å². The number of hydrogen-bond donors (Lipinski definition) is 1. The van der Waals surface area contributed by atoms with Gasteiger partial charge in [0, 0.05) is 11.8 Å². The van der Waals surface area contributed by atoms with Gasteiger partial charge in [-0.15, -0.1) is 10.2 Å². The monoisotopic (exact) mass is 449 g/mol. The van der Waals surface area contributed by atoms with Gasteiger partial charge >= 0.3 is 0 Å². The number of hydrogen-bond acceptors (Lipinski definition) is 6. The van der Waals surface area contributed by atoms with Crippen LogP contribution in [0.25, 0.3) is 16.7 Å². The molecular formula is C20H12BrN5O3. The third kappa shape index (κ3) is 3.32. The Kier molecular flexibility index (Phi) is 4.21. The lowest BCUT2D eigenvalue weighted by atomic mass is 10.3. The normalized spacial score (nSPS) is 11.1. The quantitative estimate of drug-likeness (QED) is 0.428. The van der Waals surface area contributed by atoms with Crippen molar-refractivity contribution >= 4 is 44.2 Å². The van der Waals surface area contributed by atoms with E-state index in [1.54, 1.807) is 42.7 Å². The van der Waals surface area contributed by atoms with Gasteiger partial charge in [0.2, 0.25) is 5.65 Å².